The second-order valence-corrected chi connectivity index (χ2v) is 12.4. The first-order valence-electron chi connectivity index (χ1n) is 14.7. The molecule has 1 amide bonds. The molecule has 6 atom stereocenters. The minimum atomic E-state index is -0.244. The van der Waals surface area contributed by atoms with E-state index in [0.29, 0.717) is 18.3 Å². The van der Waals surface area contributed by atoms with Crippen molar-refractivity contribution in [1.82, 2.24) is 9.80 Å². The second kappa shape index (κ2) is 8.67. The zero-order valence-electron chi connectivity index (χ0n) is 22.3. The van der Waals surface area contributed by atoms with E-state index in [0.717, 1.165) is 57.2 Å². The fraction of sp³-hybridized carbons (Fsp3) is 0.441. The van der Waals surface area contributed by atoms with Crippen LogP contribution in [0, 0.1) is 5.92 Å². The molecule has 5 nitrogen and oxygen atoms in total. The van der Waals surface area contributed by atoms with Gasteiger partial charge in [-0.25, -0.2) is 0 Å². The summed E-state index contributed by atoms with van der Waals surface area (Å²) in [5.41, 5.74) is 4.43. The number of amides is 1. The van der Waals surface area contributed by atoms with E-state index in [9.17, 15) is 9.90 Å². The Hall–Kier alpha value is -3.15. The molecule has 0 spiro atoms. The zero-order valence-corrected chi connectivity index (χ0v) is 22.3. The van der Waals surface area contributed by atoms with Gasteiger partial charge in [-0.15, -0.1) is 0 Å². The molecule has 1 saturated carbocycles. The predicted molar refractivity (Wildman–Crippen MR) is 150 cm³/mol. The molecule has 3 aromatic rings. The van der Waals surface area contributed by atoms with Crippen molar-refractivity contribution < 1.29 is 14.6 Å². The molecule has 0 aromatic heterocycles. The number of piperidine rings is 1. The molecular weight excluding hydrogens is 484 g/mol. The van der Waals surface area contributed by atoms with Crippen molar-refractivity contribution in [3.63, 3.8) is 0 Å². The average molecular weight is 521 g/mol. The summed E-state index contributed by atoms with van der Waals surface area (Å²) in [6.45, 7) is 2.79. The van der Waals surface area contributed by atoms with Gasteiger partial charge in [-0.1, -0.05) is 54.6 Å². The van der Waals surface area contributed by atoms with E-state index >= 15 is 0 Å². The Morgan fingerprint density at radius 3 is 2.62 bits per heavy atom. The molecule has 3 heterocycles. The van der Waals surface area contributed by atoms with Gasteiger partial charge in [0.15, 0.2) is 0 Å². The predicted octanol–water partition coefficient (Wildman–Crippen LogP) is 4.97. The lowest BCUT2D eigenvalue weighted by atomic mass is 9.46. The molecule has 4 bridgehead atoms. The van der Waals surface area contributed by atoms with Crippen LogP contribution in [-0.4, -0.2) is 64.2 Å². The number of likely N-dealkylation sites (tertiary alicyclic amines) is 2. The van der Waals surface area contributed by atoms with Crippen LogP contribution in [0.3, 0.4) is 0 Å². The average Bonchev–Trinajstić information content (AvgIpc) is 3.42. The van der Waals surface area contributed by atoms with Crippen LogP contribution >= 0.6 is 0 Å². The molecular formula is C34H36N2O3. The lowest BCUT2D eigenvalue weighted by molar-refractivity contribution is -0.170. The van der Waals surface area contributed by atoms with Gasteiger partial charge in [-0.05, 0) is 92.6 Å². The van der Waals surface area contributed by atoms with Crippen LogP contribution in [0.2, 0.25) is 0 Å². The monoisotopic (exact) mass is 520 g/mol. The maximum Gasteiger partial charge on any atom is 0.254 e. The number of hydrogen-bond donors (Lipinski definition) is 1. The molecule has 1 N–H and O–H groups in total. The summed E-state index contributed by atoms with van der Waals surface area (Å²) in [4.78, 5) is 18.6. The molecule has 4 fully saturated rings. The lowest BCUT2D eigenvalue weighted by Crippen LogP contribution is -2.74. The number of carbonyl (C=O) groups is 1. The van der Waals surface area contributed by atoms with Crippen LogP contribution in [0.4, 0.5) is 0 Å². The maximum atomic E-state index is 13.7. The van der Waals surface area contributed by atoms with Crippen molar-refractivity contribution in [2.45, 2.75) is 67.7 Å². The first-order valence-corrected chi connectivity index (χ1v) is 14.7. The fourth-order valence-corrected chi connectivity index (χ4v) is 9.55. The normalized spacial score (nSPS) is 34.0. The Balaban J connectivity index is 1.15. The standard InChI is InChI=1S/C34H36N2O3/c37-26-14-13-25-20-30-34-16-15-28-31(29(39-34)22-36(28)32(38)24-11-5-2-6-12-24)33(34,27(25)21-26)17-19-35(30)18-7-10-23-8-3-1-4-9-23/h1-6,8-9,11-14,21,28-31,37H,7,10,15-20,22H2/t28?,29-,30?,31?,33?,34?/m1/s1. The molecule has 39 heavy (non-hydrogen) atoms. The number of ether oxygens (including phenoxy) is 1. The van der Waals surface area contributed by atoms with Crippen LogP contribution in [0.25, 0.3) is 0 Å². The summed E-state index contributed by atoms with van der Waals surface area (Å²) in [6.07, 6.45) is 6.24. The van der Waals surface area contributed by atoms with E-state index in [4.69, 9.17) is 4.74 Å². The number of carbonyl (C=O) groups excluding carboxylic acids is 1. The van der Waals surface area contributed by atoms with Gasteiger partial charge in [0, 0.05) is 35.5 Å². The van der Waals surface area contributed by atoms with E-state index in [1.165, 1.54) is 16.7 Å². The van der Waals surface area contributed by atoms with Gasteiger partial charge in [-0.3, -0.25) is 9.69 Å². The number of rotatable bonds is 5. The molecule has 3 aromatic carbocycles. The van der Waals surface area contributed by atoms with Gasteiger partial charge in [-0.2, -0.15) is 0 Å². The van der Waals surface area contributed by atoms with Gasteiger partial charge < -0.3 is 14.7 Å². The van der Waals surface area contributed by atoms with Crippen LogP contribution in [-0.2, 0) is 23.0 Å². The first-order chi connectivity index (χ1) is 19.1. The number of aryl methyl sites for hydroxylation is 1. The topological polar surface area (TPSA) is 53.0 Å². The molecule has 3 aliphatic heterocycles. The van der Waals surface area contributed by atoms with Gasteiger partial charge in [0.25, 0.3) is 5.91 Å². The number of phenols is 1. The summed E-state index contributed by atoms with van der Waals surface area (Å²) in [7, 11) is 0. The smallest absolute Gasteiger partial charge is 0.254 e. The Kier molecular flexibility index (Phi) is 5.27. The summed E-state index contributed by atoms with van der Waals surface area (Å²) >= 11 is 0. The molecule has 5 unspecified atom stereocenters. The highest BCUT2D eigenvalue weighted by molar-refractivity contribution is 5.94. The van der Waals surface area contributed by atoms with Crippen LogP contribution in [0.15, 0.2) is 78.9 Å². The Labute approximate surface area is 230 Å². The second-order valence-electron chi connectivity index (χ2n) is 12.4. The zero-order chi connectivity index (χ0) is 26.2. The summed E-state index contributed by atoms with van der Waals surface area (Å²) < 4.78 is 7.32. The first kappa shape index (κ1) is 23.7. The highest BCUT2D eigenvalue weighted by Gasteiger charge is 2.78. The third-order valence-corrected chi connectivity index (χ3v) is 10.9. The highest BCUT2D eigenvalue weighted by Crippen LogP contribution is 2.69. The van der Waals surface area contributed by atoms with Crippen molar-refractivity contribution >= 4 is 5.91 Å². The van der Waals surface area contributed by atoms with Crippen molar-refractivity contribution in [2.24, 2.45) is 5.92 Å². The molecule has 8 rings (SSSR count). The van der Waals surface area contributed by atoms with Crippen molar-refractivity contribution in [2.75, 3.05) is 19.6 Å². The van der Waals surface area contributed by atoms with E-state index < -0.39 is 0 Å². The Morgan fingerprint density at radius 2 is 1.79 bits per heavy atom. The minimum Gasteiger partial charge on any atom is -0.508 e. The third kappa shape index (κ3) is 3.23. The SMILES string of the molecule is O=C(c1ccccc1)N1C[C@H]2OC34CCC1C2C31CCN(CCCc2ccccc2)C4Cc2ccc(O)cc21. The number of nitrogens with zero attached hydrogens (tertiary/aromatic N) is 2. The van der Waals surface area contributed by atoms with Gasteiger partial charge in [0.1, 0.15) is 5.75 Å². The van der Waals surface area contributed by atoms with E-state index in [2.05, 4.69) is 46.2 Å². The maximum absolute atomic E-state index is 13.7. The quantitative estimate of drug-likeness (QED) is 0.517. The molecule has 3 saturated heterocycles. The number of fused-ring (bicyclic) bond motifs is 1. The lowest BCUT2D eigenvalue weighted by Gasteiger charge is -2.64. The summed E-state index contributed by atoms with van der Waals surface area (Å²) in [5.74, 6) is 0.745. The largest absolute Gasteiger partial charge is 0.508 e. The summed E-state index contributed by atoms with van der Waals surface area (Å²) in [6, 6.07) is 27.1. The summed E-state index contributed by atoms with van der Waals surface area (Å²) in [5, 5.41) is 10.7. The van der Waals surface area contributed by atoms with Crippen LogP contribution in [0.5, 0.6) is 5.75 Å². The van der Waals surface area contributed by atoms with Gasteiger partial charge >= 0.3 is 0 Å². The molecule has 0 radical (unpaired) electrons. The number of hydrogen-bond acceptors (Lipinski definition) is 4. The number of aromatic hydroxyl groups is 1. The fourth-order valence-electron chi connectivity index (χ4n) is 9.55. The van der Waals surface area contributed by atoms with Crippen LogP contribution in [0.1, 0.15) is 52.7 Å². The van der Waals surface area contributed by atoms with E-state index in [1.54, 1.807) is 0 Å². The molecule has 5 heteroatoms. The van der Waals surface area contributed by atoms with E-state index in [-0.39, 0.29) is 35.0 Å². The van der Waals surface area contributed by atoms with Crippen LogP contribution < -0.4 is 0 Å². The highest BCUT2D eigenvalue weighted by atomic mass is 16.5. The Morgan fingerprint density at radius 1 is 1.00 bits per heavy atom. The molecule has 2 aliphatic carbocycles. The number of phenolic OH excluding ortho intramolecular Hbond substituents is 1. The van der Waals surface area contributed by atoms with Crippen molar-refractivity contribution in [1.29, 1.82) is 0 Å². The molecule has 200 valence electrons. The Bertz CT molecular complexity index is 1410. The van der Waals surface area contributed by atoms with Crippen molar-refractivity contribution in [3.8, 4) is 5.75 Å². The van der Waals surface area contributed by atoms with Gasteiger partial charge in [0.05, 0.1) is 11.7 Å². The van der Waals surface area contributed by atoms with E-state index in [1.807, 2.05) is 42.5 Å². The third-order valence-electron chi connectivity index (χ3n) is 10.9. The minimum absolute atomic E-state index is 0.0465. The molecule has 5 aliphatic rings. The number of benzene rings is 3. The van der Waals surface area contributed by atoms with Gasteiger partial charge in [0.2, 0.25) is 0 Å². The van der Waals surface area contributed by atoms with Crippen molar-refractivity contribution in [3.05, 3.63) is 101 Å².